The highest BCUT2D eigenvalue weighted by Gasteiger charge is 2.32. The maximum atomic E-state index is 11.8. The maximum Gasteiger partial charge on any atom is 0.234 e. The summed E-state index contributed by atoms with van der Waals surface area (Å²) in [5, 5.41) is 2.93. The van der Waals surface area contributed by atoms with E-state index in [9.17, 15) is 9.59 Å². The second-order valence-electron chi connectivity index (χ2n) is 5.55. The van der Waals surface area contributed by atoms with Gasteiger partial charge in [0.05, 0.1) is 12.2 Å². The molecule has 6 heteroatoms. The number of ether oxygens (including phenoxy) is 1. The van der Waals surface area contributed by atoms with Crippen LogP contribution in [0.15, 0.2) is 23.6 Å². The lowest BCUT2D eigenvalue weighted by Crippen LogP contribution is -2.39. The summed E-state index contributed by atoms with van der Waals surface area (Å²) in [5.74, 6) is 0.758. The molecular weight excluding hydrogens is 282 g/mol. The third-order valence-electron chi connectivity index (χ3n) is 4.09. The summed E-state index contributed by atoms with van der Waals surface area (Å²) in [7, 11) is 1.95. The average Bonchev–Trinajstić information content (AvgIpc) is 2.80. The first-order valence-corrected chi connectivity index (χ1v) is 7.88. The molecule has 6 nitrogen and oxygen atoms in total. The van der Waals surface area contributed by atoms with Gasteiger partial charge < -0.3 is 15.0 Å². The van der Waals surface area contributed by atoms with E-state index in [1.165, 1.54) is 0 Å². The molecule has 0 aromatic rings. The van der Waals surface area contributed by atoms with Crippen molar-refractivity contribution in [3.05, 3.63) is 23.6 Å². The standard InChI is InChI=1S/C16H25N3O3/c1-4-19(5-2)11-15(21)17-9-8-16-18(3)13-7-6-12(20)10-14(13)22-16/h7,10,16H,4-6,8-9,11H2,1-3H3,(H,17,21). The molecule has 0 aromatic carbocycles. The molecule has 1 fully saturated rings. The number of amides is 1. The Kier molecular flexibility index (Phi) is 5.60. The number of allylic oxidation sites excluding steroid dienone is 2. The lowest BCUT2D eigenvalue weighted by molar-refractivity contribution is -0.122. The lowest BCUT2D eigenvalue weighted by Gasteiger charge is -2.21. The highest BCUT2D eigenvalue weighted by Crippen LogP contribution is 2.32. The Bertz CT molecular complexity index is 495. The number of hydrogen-bond acceptors (Lipinski definition) is 5. The Morgan fingerprint density at radius 2 is 2.18 bits per heavy atom. The summed E-state index contributed by atoms with van der Waals surface area (Å²) in [4.78, 5) is 27.3. The smallest absolute Gasteiger partial charge is 0.234 e. The third-order valence-corrected chi connectivity index (χ3v) is 4.09. The van der Waals surface area contributed by atoms with Gasteiger partial charge in [-0.1, -0.05) is 13.8 Å². The van der Waals surface area contributed by atoms with Crippen LogP contribution in [0.4, 0.5) is 0 Å². The number of likely N-dealkylation sites (N-methyl/N-ethyl adjacent to an activating group) is 2. The molecule has 0 aromatic heterocycles. The highest BCUT2D eigenvalue weighted by molar-refractivity contribution is 5.93. The molecule has 1 unspecified atom stereocenters. The molecule has 1 N–H and O–H groups in total. The fraction of sp³-hybridized carbons (Fsp3) is 0.625. The predicted molar refractivity (Wildman–Crippen MR) is 83.8 cm³/mol. The summed E-state index contributed by atoms with van der Waals surface area (Å²) in [6, 6.07) is 0. The molecule has 0 spiro atoms. The largest absolute Gasteiger partial charge is 0.468 e. The molecule has 0 bridgehead atoms. The molecule has 2 aliphatic rings. The molecule has 22 heavy (non-hydrogen) atoms. The van der Waals surface area contributed by atoms with E-state index in [1.54, 1.807) is 6.08 Å². The monoisotopic (exact) mass is 307 g/mol. The van der Waals surface area contributed by atoms with Crippen molar-refractivity contribution in [3.8, 4) is 0 Å². The van der Waals surface area contributed by atoms with E-state index in [2.05, 4.69) is 10.2 Å². The predicted octanol–water partition coefficient (Wildman–Crippen LogP) is 0.863. The number of nitrogens with zero attached hydrogens (tertiary/aromatic N) is 2. The fourth-order valence-corrected chi connectivity index (χ4v) is 2.66. The van der Waals surface area contributed by atoms with Crippen LogP contribution in [0.2, 0.25) is 0 Å². The second kappa shape index (κ2) is 7.45. The van der Waals surface area contributed by atoms with Crippen molar-refractivity contribution in [2.24, 2.45) is 0 Å². The van der Waals surface area contributed by atoms with E-state index in [1.807, 2.05) is 31.9 Å². The quantitative estimate of drug-likeness (QED) is 0.756. The van der Waals surface area contributed by atoms with Crippen LogP contribution < -0.4 is 5.32 Å². The zero-order valence-corrected chi connectivity index (χ0v) is 13.6. The van der Waals surface area contributed by atoms with Crippen LogP contribution in [0.3, 0.4) is 0 Å². The van der Waals surface area contributed by atoms with Crippen LogP contribution >= 0.6 is 0 Å². The highest BCUT2D eigenvalue weighted by atomic mass is 16.5. The minimum Gasteiger partial charge on any atom is -0.468 e. The number of hydrogen-bond donors (Lipinski definition) is 1. The lowest BCUT2D eigenvalue weighted by atomic mass is 10.1. The van der Waals surface area contributed by atoms with Crippen LogP contribution in [-0.4, -0.2) is 60.9 Å². The van der Waals surface area contributed by atoms with Gasteiger partial charge in [0, 0.05) is 32.5 Å². The van der Waals surface area contributed by atoms with Gasteiger partial charge in [0.25, 0.3) is 0 Å². The maximum absolute atomic E-state index is 11.8. The van der Waals surface area contributed by atoms with Crippen LogP contribution in [0.1, 0.15) is 26.7 Å². The van der Waals surface area contributed by atoms with Gasteiger partial charge in [-0.25, -0.2) is 0 Å². The van der Waals surface area contributed by atoms with Crippen molar-refractivity contribution < 1.29 is 14.3 Å². The number of ketones is 1. The van der Waals surface area contributed by atoms with Crippen LogP contribution in [0.25, 0.3) is 0 Å². The van der Waals surface area contributed by atoms with Crippen molar-refractivity contribution in [1.82, 2.24) is 15.1 Å². The van der Waals surface area contributed by atoms with Gasteiger partial charge in [0.15, 0.2) is 12.0 Å². The zero-order valence-electron chi connectivity index (χ0n) is 13.6. The Morgan fingerprint density at radius 3 is 2.86 bits per heavy atom. The molecule has 1 aliphatic heterocycles. The van der Waals surface area contributed by atoms with E-state index in [0.717, 1.165) is 18.8 Å². The first-order chi connectivity index (χ1) is 10.5. The first-order valence-electron chi connectivity index (χ1n) is 7.88. The van der Waals surface area contributed by atoms with E-state index in [-0.39, 0.29) is 17.9 Å². The molecule has 1 saturated heterocycles. The van der Waals surface area contributed by atoms with Gasteiger partial charge in [0.1, 0.15) is 5.76 Å². The third kappa shape index (κ3) is 3.88. The van der Waals surface area contributed by atoms with E-state index in [4.69, 9.17) is 4.74 Å². The fourth-order valence-electron chi connectivity index (χ4n) is 2.66. The van der Waals surface area contributed by atoms with Crippen LogP contribution in [0, 0.1) is 0 Å². The van der Waals surface area contributed by atoms with E-state index < -0.39 is 0 Å². The first kappa shape index (κ1) is 16.5. The van der Waals surface area contributed by atoms with Crippen molar-refractivity contribution in [2.75, 3.05) is 33.2 Å². The zero-order chi connectivity index (χ0) is 16.1. The molecular formula is C16H25N3O3. The minimum absolute atomic E-state index is 0.0374. The van der Waals surface area contributed by atoms with Gasteiger partial charge in [-0.3, -0.25) is 14.5 Å². The van der Waals surface area contributed by atoms with Crippen molar-refractivity contribution in [2.45, 2.75) is 32.9 Å². The summed E-state index contributed by atoms with van der Waals surface area (Å²) in [6.45, 7) is 6.82. The normalized spacial score (nSPS) is 20.5. The number of carbonyl (C=O) groups is 2. The van der Waals surface area contributed by atoms with Gasteiger partial charge in [-0.2, -0.15) is 0 Å². The SMILES string of the molecule is CCN(CC)CC(=O)NCCC1OC2=CC(=O)CC=C2N1C. The summed E-state index contributed by atoms with van der Waals surface area (Å²) < 4.78 is 5.79. The van der Waals surface area contributed by atoms with Crippen molar-refractivity contribution in [1.29, 1.82) is 0 Å². The Balaban J connectivity index is 1.77. The molecule has 1 aliphatic carbocycles. The van der Waals surface area contributed by atoms with Gasteiger partial charge in [-0.05, 0) is 19.2 Å². The Morgan fingerprint density at radius 1 is 1.45 bits per heavy atom. The summed E-state index contributed by atoms with van der Waals surface area (Å²) >= 11 is 0. The van der Waals surface area contributed by atoms with Gasteiger partial charge in [0.2, 0.25) is 5.91 Å². The van der Waals surface area contributed by atoms with Crippen LogP contribution in [0.5, 0.6) is 0 Å². The Labute approximate surface area is 131 Å². The topological polar surface area (TPSA) is 61.9 Å². The molecule has 122 valence electrons. The molecule has 0 saturated carbocycles. The molecule has 1 amide bonds. The molecule has 1 heterocycles. The molecule has 1 atom stereocenters. The van der Waals surface area contributed by atoms with Gasteiger partial charge >= 0.3 is 0 Å². The molecule has 0 radical (unpaired) electrons. The molecule has 2 rings (SSSR count). The minimum atomic E-state index is -0.128. The van der Waals surface area contributed by atoms with Crippen LogP contribution in [-0.2, 0) is 14.3 Å². The summed E-state index contributed by atoms with van der Waals surface area (Å²) in [6.07, 6.45) is 4.45. The number of carbonyl (C=O) groups excluding carboxylic acids is 2. The van der Waals surface area contributed by atoms with Crippen molar-refractivity contribution in [3.63, 3.8) is 0 Å². The Hall–Kier alpha value is -1.82. The second-order valence-corrected chi connectivity index (χ2v) is 5.55. The number of nitrogens with one attached hydrogen (secondary N) is 1. The summed E-state index contributed by atoms with van der Waals surface area (Å²) in [5.41, 5.74) is 0.971. The number of rotatable bonds is 7. The number of fused-ring (bicyclic) bond motifs is 1. The van der Waals surface area contributed by atoms with Crippen molar-refractivity contribution >= 4 is 11.7 Å². The van der Waals surface area contributed by atoms with Gasteiger partial charge in [-0.15, -0.1) is 0 Å². The van der Waals surface area contributed by atoms with E-state index in [0.29, 0.717) is 31.7 Å². The van der Waals surface area contributed by atoms with E-state index >= 15 is 0 Å². The average molecular weight is 307 g/mol.